The van der Waals surface area contributed by atoms with Gasteiger partial charge in [-0.25, -0.2) is 4.79 Å². The molecule has 9 heteroatoms. The van der Waals surface area contributed by atoms with Crippen molar-refractivity contribution in [1.82, 2.24) is 0 Å². The summed E-state index contributed by atoms with van der Waals surface area (Å²) in [5.41, 5.74) is 0.598. The van der Waals surface area contributed by atoms with Crippen molar-refractivity contribution in [2.75, 3.05) is 38.4 Å². The number of carbonyl (C=O) groups is 2. The first kappa shape index (κ1) is 18.2. The molecule has 0 fully saturated rings. The maximum atomic E-state index is 12.2. The monoisotopic (exact) mass is 405 g/mol. The van der Waals surface area contributed by atoms with Gasteiger partial charge in [0.25, 0.3) is 5.91 Å². The number of hydrogen-bond acceptors (Lipinski definition) is 7. The number of esters is 1. The molecule has 28 heavy (non-hydrogen) atoms. The predicted octanol–water partition coefficient (Wildman–Crippen LogP) is 2.68. The number of fused-ring (bicyclic) bond motifs is 2. The second kappa shape index (κ2) is 7.85. The van der Waals surface area contributed by atoms with Crippen molar-refractivity contribution in [1.29, 1.82) is 0 Å². The van der Waals surface area contributed by atoms with Crippen LogP contribution in [0.3, 0.4) is 0 Å². The van der Waals surface area contributed by atoms with Crippen LogP contribution in [0.15, 0.2) is 30.3 Å². The van der Waals surface area contributed by atoms with E-state index in [0.29, 0.717) is 55.1 Å². The molecule has 1 amide bonds. The lowest BCUT2D eigenvalue weighted by Crippen LogP contribution is -2.22. The number of amides is 1. The van der Waals surface area contributed by atoms with Gasteiger partial charge in [-0.15, -0.1) is 0 Å². The molecular formula is C19H16ClNO7. The minimum absolute atomic E-state index is 0.259. The number of anilines is 1. The third-order valence-corrected chi connectivity index (χ3v) is 4.33. The number of ether oxygens (including phenoxy) is 5. The summed E-state index contributed by atoms with van der Waals surface area (Å²) in [4.78, 5) is 24.3. The lowest BCUT2D eigenvalue weighted by Gasteiger charge is -2.20. The number of halogens is 1. The van der Waals surface area contributed by atoms with Crippen LogP contribution < -0.4 is 24.3 Å². The van der Waals surface area contributed by atoms with Crippen molar-refractivity contribution in [3.63, 3.8) is 0 Å². The first-order valence-corrected chi connectivity index (χ1v) is 8.94. The molecule has 2 heterocycles. The third-order valence-electron chi connectivity index (χ3n) is 4.02. The molecule has 0 spiro atoms. The Balaban J connectivity index is 1.36. The highest BCUT2D eigenvalue weighted by Gasteiger charge is 2.19. The van der Waals surface area contributed by atoms with Crippen molar-refractivity contribution in [2.45, 2.75) is 0 Å². The topological polar surface area (TPSA) is 92.3 Å². The minimum Gasteiger partial charge on any atom is -0.486 e. The number of hydrogen-bond donors (Lipinski definition) is 1. The van der Waals surface area contributed by atoms with Crippen LogP contribution in [0.1, 0.15) is 10.4 Å². The van der Waals surface area contributed by atoms with Crippen LogP contribution in [0, 0.1) is 0 Å². The van der Waals surface area contributed by atoms with Gasteiger partial charge >= 0.3 is 5.97 Å². The molecule has 4 rings (SSSR count). The van der Waals surface area contributed by atoms with E-state index < -0.39 is 18.5 Å². The van der Waals surface area contributed by atoms with Gasteiger partial charge in [0, 0.05) is 12.1 Å². The number of rotatable bonds is 4. The van der Waals surface area contributed by atoms with E-state index in [1.807, 2.05) is 0 Å². The molecule has 0 bridgehead atoms. The van der Waals surface area contributed by atoms with Gasteiger partial charge in [0.2, 0.25) is 0 Å². The van der Waals surface area contributed by atoms with Crippen molar-refractivity contribution < 1.29 is 33.3 Å². The van der Waals surface area contributed by atoms with E-state index >= 15 is 0 Å². The number of benzene rings is 2. The number of carbonyl (C=O) groups excluding carboxylic acids is 2. The molecule has 0 atom stereocenters. The van der Waals surface area contributed by atoms with Crippen molar-refractivity contribution in [2.24, 2.45) is 0 Å². The van der Waals surface area contributed by atoms with E-state index in [1.54, 1.807) is 24.3 Å². The molecule has 0 saturated heterocycles. The lowest BCUT2D eigenvalue weighted by atomic mass is 10.2. The molecule has 0 saturated carbocycles. The largest absolute Gasteiger partial charge is 0.486 e. The van der Waals surface area contributed by atoms with Gasteiger partial charge in [0.15, 0.2) is 29.6 Å². The van der Waals surface area contributed by atoms with Crippen molar-refractivity contribution >= 4 is 29.2 Å². The summed E-state index contributed by atoms with van der Waals surface area (Å²) in [5.74, 6) is 0.838. The Bertz CT molecular complexity index is 931. The SMILES string of the molecule is O=C(COC(=O)c1ccc2c(c1)OCCO2)Nc1cc2c(cc1Cl)OCCO2. The van der Waals surface area contributed by atoms with Gasteiger partial charge in [-0.1, -0.05) is 11.6 Å². The molecule has 2 aliphatic rings. The average molecular weight is 406 g/mol. The predicted molar refractivity (Wildman–Crippen MR) is 98.8 cm³/mol. The molecule has 0 unspecified atom stereocenters. The van der Waals surface area contributed by atoms with Gasteiger partial charge in [-0.3, -0.25) is 4.79 Å². The zero-order chi connectivity index (χ0) is 19.5. The third kappa shape index (κ3) is 3.91. The summed E-state index contributed by atoms with van der Waals surface area (Å²) >= 11 is 6.15. The maximum Gasteiger partial charge on any atom is 0.338 e. The van der Waals surface area contributed by atoms with E-state index in [1.165, 1.54) is 6.07 Å². The highest BCUT2D eigenvalue weighted by molar-refractivity contribution is 6.34. The molecule has 0 radical (unpaired) electrons. The minimum atomic E-state index is -0.652. The van der Waals surface area contributed by atoms with E-state index in [0.717, 1.165) is 0 Å². The fourth-order valence-electron chi connectivity index (χ4n) is 2.73. The van der Waals surface area contributed by atoms with E-state index in [4.69, 9.17) is 35.3 Å². The highest BCUT2D eigenvalue weighted by atomic mass is 35.5. The summed E-state index contributed by atoms with van der Waals surface area (Å²) in [6.07, 6.45) is 0. The lowest BCUT2D eigenvalue weighted by molar-refractivity contribution is -0.119. The second-order valence-corrected chi connectivity index (χ2v) is 6.37. The zero-order valence-electron chi connectivity index (χ0n) is 14.7. The van der Waals surface area contributed by atoms with Crippen molar-refractivity contribution in [3.8, 4) is 23.0 Å². The molecule has 2 aromatic rings. The van der Waals surface area contributed by atoms with Gasteiger partial charge in [0.05, 0.1) is 16.3 Å². The molecule has 146 valence electrons. The summed E-state index contributed by atoms with van der Waals surface area (Å²) in [6, 6.07) is 7.82. The summed E-state index contributed by atoms with van der Waals surface area (Å²) in [6.45, 7) is 1.24. The fraction of sp³-hybridized carbons (Fsp3) is 0.263. The van der Waals surface area contributed by atoms with Gasteiger partial charge in [0.1, 0.15) is 26.4 Å². The smallest absolute Gasteiger partial charge is 0.338 e. The van der Waals surface area contributed by atoms with Gasteiger partial charge < -0.3 is 29.0 Å². The zero-order valence-corrected chi connectivity index (χ0v) is 15.4. The standard InChI is InChI=1S/C19H16ClNO7/c20-12-8-16-17(27-6-5-26-16)9-13(12)21-18(22)10-28-19(23)11-1-2-14-15(7-11)25-4-3-24-14/h1-2,7-9H,3-6,10H2,(H,21,22). The first-order valence-electron chi connectivity index (χ1n) is 8.56. The Labute approximate surface area is 165 Å². The van der Waals surface area contributed by atoms with Gasteiger partial charge in [-0.05, 0) is 18.2 Å². The Morgan fingerprint density at radius 3 is 2.21 bits per heavy atom. The maximum absolute atomic E-state index is 12.2. The van der Waals surface area contributed by atoms with E-state index in [9.17, 15) is 9.59 Å². The Morgan fingerprint density at radius 1 is 0.893 bits per heavy atom. The van der Waals surface area contributed by atoms with Crippen LogP contribution in [0.25, 0.3) is 0 Å². The number of nitrogens with one attached hydrogen (secondary N) is 1. The molecule has 8 nitrogen and oxygen atoms in total. The Hall–Kier alpha value is -3.13. The van der Waals surface area contributed by atoms with Crippen LogP contribution in [-0.2, 0) is 9.53 Å². The summed E-state index contributed by atoms with van der Waals surface area (Å²) in [7, 11) is 0. The molecule has 2 aromatic carbocycles. The van der Waals surface area contributed by atoms with Crippen LogP contribution in [0.2, 0.25) is 5.02 Å². The molecule has 1 N–H and O–H groups in total. The van der Waals surface area contributed by atoms with Crippen LogP contribution in [0.4, 0.5) is 5.69 Å². The van der Waals surface area contributed by atoms with Crippen molar-refractivity contribution in [3.05, 3.63) is 40.9 Å². The molecule has 0 aromatic heterocycles. The van der Waals surface area contributed by atoms with Crippen LogP contribution >= 0.6 is 11.6 Å². The first-order chi connectivity index (χ1) is 13.6. The van der Waals surface area contributed by atoms with Crippen LogP contribution in [0.5, 0.6) is 23.0 Å². The molecule has 2 aliphatic heterocycles. The average Bonchev–Trinajstić information content (AvgIpc) is 2.72. The summed E-state index contributed by atoms with van der Waals surface area (Å²) in [5, 5.41) is 2.88. The highest BCUT2D eigenvalue weighted by Crippen LogP contribution is 2.38. The van der Waals surface area contributed by atoms with E-state index in [-0.39, 0.29) is 10.6 Å². The Kier molecular flexibility index (Phi) is 5.12. The summed E-state index contributed by atoms with van der Waals surface area (Å²) < 4.78 is 26.8. The molecule has 0 aliphatic carbocycles. The Morgan fingerprint density at radius 2 is 1.50 bits per heavy atom. The van der Waals surface area contributed by atoms with Gasteiger partial charge in [-0.2, -0.15) is 0 Å². The normalized spacial score (nSPS) is 14.2. The molecular weight excluding hydrogens is 390 g/mol. The van der Waals surface area contributed by atoms with Crippen LogP contribution in [-0.4, -0.2) is 44.9 Å². The fourth-order valence-corrected chi connectivity index (χ4v) is 2.93. The van der Waals surface area contributed by atoms with E-state index in [2.05, 4.69) is 5.32 Å². The quantitative estimate of drug-likeness (QED) is 0.782. The second-order valence-electron chi connectivity index (χ2n) is 5.96.